The number of carboxylic acid groups (broad SMARTS) is 1. The van der Waals surface area contributed by atoms with Gasteiger partial charge in [0.25, 0.3) is 5.91 Å². The van der Waals surface area contributed by atoms with Crippen LogP contribution in [0, 0.1) is 0 Å². The number of amides is 1. The van der Waals surface area contributed by atoms with E-state index in [0.717, 1.165) is 24.7 Å². The number of benzene rings is 1. The van der Waals surface area contributed by atoms with E-state index in [9.17, 15) is 36.3 Å². The number of hydrogen-bond donors (Lipinski definition) is 4. The highest BCUT2D eigenvalue weighted by Crippen LogP contribution is 2.37. The third-order valence-corrected chi connectivity index (χ3v) is 7.60. The lowest BCUT2D eigenvalue weighted by atomic mass is 10.1. The number of sulfone groups is 1. The number of aromatic carboxylic acids is 1. The van der Waals surface area contributed by atoms with E-state index in [2.05, 4.69) is 35.8 Å². The number of rotatable bonds is 6. The second-order valence-corrected chi connectivity index (χ2v) is 10.3. The number of nitrogens with zero attached hydrogens (tertiary/aromatic N) is 4. The normalized spacial score (nSPS) is 16.2. The van der Waals surface area contributed by atoms with Gasteiger partial charge in [0.15, 0.2) is 21.3 Å². The number of aromatic nitrogens is 5. The van der Waals surface area contributed by atoms with Crippen LogP contribution in [0.25, 0.3) is 11.0 Å². The van der Waals surface area contributed by atoms with E-state index in [4.69, 9.17) is 0 Å². The lowest BCUT2D eigenvalue weighted by molar-refractivity contribution is -0.141. The van der Waals surface area contributed by atoms with Crippen molar-refractivity contribution in [3.8, 4) is 0 Å². The van der Waals surface area contributed by atoms with Gasteiger partial charge in [-0.25, -0.2) is 23.2 Å². The molecule has 196 valence electrons. The summed E-state index contributed by atoms with van der Waals surface area (Å²) >= 11 is 0. The molecule has 1 unspecified atom stereocenters. The van der Waals surface area contributed by atoms with Gasteiger partial charge in [0.2, 0.25) is 0 Å². The van der Waals surface area contributed by atoms with Gasteiger partial charge in [0, 0.05) is 12.7 Å². The van der Waals surface area contributed by atoms with Crippen LogP contribution in [-0.2, 0) is 22.6 Å². The van der Waals surface area contributed by atoms with Crippen LogP contribution in [0.5, 0.6) is 0 Å². The number of H-pyrrole nitrogens is 1. The summed E-state index contributed by atoms with van der Waals surface area (Å²) in [4.78, 5) is 35.2. The van der Waals surface area contributed by atoms with Gasteiger partial charge in [-0.3, -0.25) is 14.9 Å². The van der Waals surface area contributed by atoms with Crippen molar-refractivity contribution in [1.29, 1.82) is 0 Å². The molecule has 4 heterocycles. The number of alkyl halides is 3. The monoisotopic (exact) mass is 547 g/mol. The zero-order chi connectivity index (χ0) is 27.2. The average molecular weight is 547 g/mol. The van der Waals surface area contributed by atoms with E-state index in [1.807, 2.05) is 0 Å². The number of hydrogen-bond acceptors (Lipinski definition) is 9. The summed E-state index contributed by atoms with van der Waals surface area (Å²) in [6.45, 7) is -0.232. The highest BCUT2D eigenvalue weighted by molar-refractivity contribution is 7.91. The molecule has 0 saturated heterocycles. The molecule has 4 aromatic rings. The zero-order valence-electron chi connectivity index (χ0n) is 18.9. The Morgan fingerprint density at radius 2 is 1.92 bits per heavy atom. The Labute approximate surface area is 211 Å². The molecule has 12 nitrogen and oxygen atoms in total. The molecule has 1 atom stereocenters. The Hall–Kier alpha value is -4.60. The van der Waals surface area contributed by atoms with Crippen molar-refractivity contribution in [3.05, 3.63) is 70.9 Å². The number of fused-ring (bicyclic) bond motifs is 2. The molecule has 1 aliphatic rings. The number of anilines is 1. The second kappa shape index (κ2) is 9.05. The van der Waals surface area contributed by atoms with Crippen LogP contribution in [0.3, 0.4) is 0 Å². The lowest BCUT2D eigenvalue weighted by Crippen LogP contribution is -2.24. The molecular formula is C22H16F3N7O5S. The summed E-state index contributed by atoms with van der Waals surface area (Å²) in [5, 5.41) is 21.3. The molecule has 3 aromatic heterocycles. The Morgan fingerprint density at radius 3 is 2.66 bits per heavy atom. The van der Waals surface area contributed by atoms with E-state index >= 15 is 0 Å². The van der Waals surface area contributed by atoms with Gasteiger partial charge >= 0.3 is 12.1 Å². The van der Waals surface area contributed by atoms with Crippen molar-refractivity contribution >= 4 is 38.6 Å². The topological polar surface area (TPSA) is 180 Å². The van der Waals surface area contributed by atoms with Crippen LogP contribution in [0.4, 0.5) is 19.0 Å². The Bertz CT molecular complexity index is 1710. The number of carboxylic acids is 1. The predicted molar refractivity (Wildman–Crippen MR) is 124 cm³/mol. The van der Waals surface area contributed by atoms with Crippen LogP contribution in [-0.4, -0.2) is 56.3 Å². The fourth-order valence-corrected chi connectivity index (χ4v) is 5.78. The molecule has 0 aliphatic carbocycles. The fraction of sp³-hybridized carbons (Fsp3) is 0.182. The van der Waals surface area contributed by atoms with Gasteiger partial charge in [-0.1, -0.05) is 6.07 Å². The van der Waals surface area contributed by atoms with Gasteiger partial charge in [0.1, 0.15) is 23.1 Å². The summed E-state index contributed by atoms with van der Waals surface area (Å²) in [5.41, 5.74) is -0.581. The predicted octanol–water partition coefficient (Wildman–Crippen LogP) is 2.34. The minimum Gasteiger partial charge on any atom is -0.478 e. The average Bonchev–Trinajstić information content (AvgIpc) is 3.39. The molecule has 0 saturated carbocycles. The Balaban J connectivity index is 1.37. The van der Waals surface area contributed by atoms with Gasteiger partial charge in [-0.05, 0) is 35.4 Å². The largest absolute Gasteiger partial charge is 0.478 e. The highest BCUT2D eigenvalue weighted by Gasteiger charge is 2.36. The fourth-order valence-electron chi connectivity index (χ4n) is 4.02. The van der Waals surface area contributed by atoms with E-state index < -0.39 is 39.6 Å². The summed E-state index contributed by atoms with van der Waals surface area (Å²) in [5.74, 6) is -2.21. The van der Waals surface area contributed by atoms with Crippen molar-refractivity contribution in [2.24, 2.45) is 0 Å². The molecule has 38 heavy (non-hydrogen) atoms. The van der Waals surface area contributed by atoms with Crippen LogP contribution >= 0.6 is 0 Å². The van der Waals surface area contributed by atoms with Gasteiger partial charge in [0.05, 0.1) is 22.3 Å². The maximum atomic E-state index is 12.9. The second-order valence-electron chi connectivity index (χ2n) is 8.28. The number of halogens is 3. The van der Waals surface area contributed by atoms with E-state index in [1.54, 1.807) is 0 Å². The van der Waals surface area contributed by atoms with Crippen molar-refractivity contribution in [2.75, 3.05) is 11.1 Å². The maximum absolute atomic E-state index is 12.9. The standard InChI is InChI=1S/C22H16F3N7O5S/c23-22(24,25)15-5-10(3-4-26-15)7-27-20(33)18-16-17(28-9-29-18)19(32-31-16)30-13-8-38(36,37)14-6-11(21(34)35)1-2-12(13)14/h1-6,9,13H,7-8H2,(H,27,33)(H,34,35)(H2,30,31,32). The summed E-state index contributed by atoms with van der Waals surface area (Å²) in [7, 11) is -3.77. The highest BCUT2D eigenvalue weighted by atomic mass is 32.2. The number of nitrogens with one attached hydrogen (secondary N) is 3. The summed E-state index contributed by atoms with van der Waals surface area (Å²) < 4.78 is 63.9. The molecule has 0 bridgehead atoms. The Morgan fingerprint density at radius 1 is 1.13 bits per heavy atom. The summed E-state index contributed by atoms with van der Waals surface area (Å²) in [6, 6.07) is 5.18. The first-order valence-electron chi connectivity index (χ1n) is 10.8. The molecule has 0 spiro atoms. The molecule has 5 rings (SSSR count). The van der Waals surface area contributed by atoms with Crippen molar-refractivity contribution < 1.29 is 36.3 Å². The number of carbonyl (C=O) groups is 2. The minimum atomic E-state index is -4.63. The maximum Gasteiger partial charge on any atom is 0.433 e. The quantitative estimate of drug-likeness (QED) is 0.280. The molecule has 1 aliphatic heterocycles. The first-order valence-corrected chi connectivity index (χ1v) is 12.4. The van der Waals surface area contributed by atoms with Crippen molar-refractivity contribution in [2.45, 2.75) is 23.7 Å². The number of pyridine rings is 1. The molecule has 16 heteroatoms. The number of carbonyl (C=O) groups excluding carboxylic acids is 1. The number of aromatic amines is 1. The van der Waals surface area contributed by atoms with E-state index in [-0.39, 0.29) is 50.9 Å². The van der Waals surface area contributed by atoms with Crippen molar-refractivity contribution in [1.82, 2.24) is 30.5 Å². The van der Waals surface area contributed by atoms with Crippen LogP contribution in [0.1, 0.15) is 43.7 Å². The third kappa shape index (κ3) is 4.60. The molecule has 0 fully saturated rings. The Kier molecular flexibility index (Phi) is 5.97. The third-order valence-electron chi connectivity index (χ3n) is 5.80. The van der Waals surface area contributed by atoms with Gasteiger partial charge in [-0.2, -0.15) is 18.3 Å². The minimum absolute atomic E-state index is 0.103. The van der Waals surface area contributed by atoms with E-state index in [1.165, 1.54) is 18.2 Å². The molecule has 0 radical (unpaired) electrons. The van der Waals surface area contributed by atoms with Crippen LogP contribution < -0.4 is 10.6 Å². The SMILES string of the molecule is O=C(O)c1ccc2c(c1)S(=O)(=O)CC2Nc1n[nH]c2c(C(=O)NCc3ccnc(C(F)(F)F)c3)ncnc12. The molecule has 1 aromatic carbocycles. The van der Waals surface area contributed by atoms with Gasteiger partial charge < -0.3 is 15.7 Å². The smallest absolute Gasteiger partial charge is 0.433 e. The molecular weight excluding hydrogens is 531 g/mol. The van der Waals surface area contributed by atoms with Crippen molar-refractivity contribution in [3.63, 3.8) is 0 Å². The first kappa shape index (κ1) is 25.1. The lowest BCUT2D eigenvalue weighted by Gasteiger charge is -2.12. The van der Waals surface area contributed by atoms with E-state index in [0.29, 0.717) is 5.56 Å². The summed E-state index contributed by atoms with van der Waals surface area (Å²) in [6.07, 6.45) is -2.55. The van der Waals surface area contributed by atoms with Crippen LogP contribution in [0.15, 0.2) is 47.8 Å². The molecule has 1 amide bonds. The first-order chi connectivity index (χ1) is 17.9. The van der Waals surface area contributed by atoms with Gasteiger partial charge in [-0.15, -0.1) is 0 Å². The molecule has 4 N–H and O–H groups in total. The zero-order valence-corrected chi connectivity index (χ0v) is 19.8. The van der Waals surface area contributed by atoms with Crippen LogP contribution in [0.2, 0.25) is 0 Å².